The molecule has 0 aromatic heterocycles. The Morgan fingerprint density at radius 3 is 2.28 bits per heavy atom. The third kappa shape index (κ3) is 2.92. The van der Waals surface area contributed by atoms with E-state index in [-0.39, 0.29) is 0 Å². The van der Waals surface area contributed by atoms with E-state index in [1.165, 1.54) is 33.5 Å². The van der Waals surface area contributed by atoms with Gasteiger partial charge in [-0.15, -0.1) is 0 Å². The summed E-state index contributed by atoms with van der Waals surface area (Å²) >= 11 is 0. The van der Waals surface area contributed by atoms with Gasteiger partial charge in [0.25, 0.3) is 0 Å². The van der Waals surface area contributed by atoms with Crippen LogP contribution >= 0.6 is 0 Å². The van der Waals surface area contributed by atoms with Gasteiger partial charge in [0.05, 0.1) is 0 Å². The number of benzene rings is 2. The highest BCUT2D eigenvalue weighted by Crippen LogP contribution is 2.17. The van der Waals surface area contributed by atoms with Crippen LogP contribution in [-0.2, 0) is 6.54 Å². The topological polar surface area (TPSA) is 12.0 Å². The van der Waals surface area contributed by atoms with Gasteiger partial charge in [-0.2, -0.15) is 0 Å². The molecule has 1 N–H and O–H groups in total. The second-order valence-electron chi connectivity index (χ2n) is 5.09. The van der Waals surface area contributed by atoms with Crippen LogP contribution in [0.1, 0.15) is 27.8 Å². The standard InChI is InChI=1S/C17H21N/c1-12-6-5-7-17(8-12)18-11-16-10-14(3)13(2)9-15(16)4/h5-10,18H,11H2,1-4H3. The Morgan fingerprint density at radius 1 is 0.833 bits per heavy atom. The zero-order valence-electron chi connectivity index (χ0n) is 11.7. The first kappa shape index (κ1) is 12.7. The summed E-state index contributed by atoms with van der Waals surface area (Å²) in [5.41, 5.74) is 7.94. The predicted molar refractivity (Wildman–Crippen MR) is 79.2 cm³/mol. The number of rotatable bonds is 3. The highest BCUT2D eigenvalue weighted by Gasteiger charge is 2.02. The number of anilines is 1. The van der Waals surface area contributed by atoms with Gasteiger partial charge < -0.3 is 5.32 Å². The molecule has 2 aromatic rings. The summed E-state index contributed by atoms with van der Waals surface area (Å²) in [5, 5.41) is 3.49. The molecule has 1 heteroatoms. The molecule has 2 rings (SSSR count). The van der Waals surface area contributed by atoms with Crippen molar-refractivity contribution in [1.82, 2.24) is 0 Å². The van der Waals surface area contributed by atoms with E-state index in [2.05, 4.69) is 69.4 Å². The second-order valence-corrected chi connectivity index (χ2v) is 5.09. The normalized spacial score (nSPS) is 10.4. The average molecular weight is 239 g/mol. The summed E-state index contributed by atoms with van der Waals surface area (Å²) in [7, 11) is 0. The molecule has 0 amide bonds. The average Bonchev–Trinajstić information content (AvgIpc) is 2.32. The van der Waals surface area contributed by atoms with E-state index in [1.807, 2.05) is 0 Å². The molecule has 0 heterocycles. The highest BCUT2D eigenvalue weighted by atomic mass is 14.9. The molecule has 0 fully saturated rings. The molecule has 18 heavy (non-hydrogen) atoms. The summed E-state index contributed by atoms with van der Waals surface area (Å²) < 4.78 is 0. The van der Waals surface area contributed by atoms with E-state index >= 15 is 0 Å². The Labute approximate surface area is 110 Å². The lowest BCUT2D eigenvalue weighted by molar-refractivity contribution is 1.10. The van der Waals surface area contributed by atoms with Crippen LogP contribution in [0.2, 0.25) is 0 Å². The molecule has 0 unspecified atom stereocenters. The van der Waals surface area contributed by atoms with Crippen LogP contribution in [0.3, 0.4) is 0 Å². The monoisotopic (exact) mass is 239 g/mol. The summed E-state index contributed by atoms with van der Waals surface area (Å²) in [5.74, 6) is 0. The molecule has 0 bridgehead atoms. The maximum Gasteiger partial charge on any atom is 0.0403 e. The molecule has 1 nitrogen and oxygen atoms in total. The van der Waals surface area contributed by atoms with E-state index in [1.54, 1.807) is 0 Å². The maximum atomic E-state index is 3.49. The smallest absolute Gasteiger partial charge is 0.0403 e. The van der Waals surface area contributed by atoms with Gasteiger partial charge in [0.15, 0.2) is 0 Å². The molecule has 0 atom stereocenters. The minimum atomic E-state index is 0.885. The van der Waals surface area contributed by atoms with Gasteiger partial charge in [-0.1, -0.05) is 24.3 Å². The van der Waals surface area contributed by atoms with Crippen LogP contribution in [0.25, 0.3) is 0 Å². The lowest BCUT2D eigenvalue weighted by Gasteiger charge is -2.12. The Morgan fingerprint density at radius 2 is 1.56 bits per heavy atom. The van der Waals surface area contributed by atoms with Gasteiger partial charge in [-0.25, -0.2) is 0 Å². The minimum absolute atomic E-state index is 0.885. The molecule has 0 aliphatic carbocycles. The molecule has 0 saturated carbocycles. The Kier molecular flexibility index (Phi) is 3.71. The fraction of sp³-hybridized carbons (Fsp3) is 0.294. The number of aryl methyl sites for hydroxylation is 4. The lowest BCUT2D eigenvalue weighted by atomic mass is 10.0. The SMILES string of the molecule is Cc1cccc(NCc2cc(C)c(C)cc2C)c1. The summed E-state index contributed by atoms with van der Waals surface area (Å²) in [4.78, 5) is 0. The molecule has 0 spiro atoms. The molecule has 0 saturated heterocycles. The molecule has 2 aromatic carbocycles. The van der Waals surface area contributed by atoms with Crippen molar-refractivity contribution in [3.63, 3.8) is 0 Å². The van der Waals surface area contributed by atoms with Crippen LogP contribution in [0, 0.1) is 27.7 Å². The van der Waals surface area contributed by atoms with Crippen molar-refractivity contribution in [2.45, 2.75) is 34.2 Å². The van der Waals surface area contributed by atoms with Crippen molar-refractivity contribution >= 4 is 5.69 Å². The largest absolute Gasteiger partial charge is 0.381 e. The van der Waals surface area contributed by atoms with E-state index in [9.17, 15) is 0 Å². The Balaban J connectivity index is 2.13. The Bertz CT molecular complexity index is 556. The van der Waals surface area contributed by atoms with E-state index in [0.717, 1.165) is 6.54 Å². The second kappa shape index (κ2) is 5.26. The third-order valence-electron chi connectivity index (χ3n) is 3.45. The predicted octanol–water partition coefficient (Wildman–Crippen LogP) is 4.53. The van der Waals surface area contributed by atoms with Crippen LogP contribution in [0.15, 0.2) is 36.4 Å². The van der Waals surface area contributed by atoms with Gasteiger partial charge in [0, 0.05) is 12.2 Å². The van der Waals surface area contributed by atoms with E-state index in [0.29, 0.717) is 0 Å². The first-order chi connectivity index (χ1) is 8.56. The number of hydrogen-bond acceptors (Lipinski definition) is 1. The van der Waals surface area contributed by atoms with E-state index in [4.69, 9.17) is 0 Å². The van der Waals surface area contributed by atoms with Crippen molar-refractivity contribution in [3.8, 4) is 0 Å². The maximum absolute atomic E-state index is 3.49. The van der Waals surface area contributed by atoms with Crippen LogP contribution in [0.4, 0.5) is 5.69 Å². The van der Waals surface area contributed by atoms with Crippen molar-refractivity contribution in [2.24, 2.45) is 0 Å². The fourth-order valence-corrected chi connectivity index (χ4v) is 2.16. The van der Waals surface area contributed by atoms with Crippen molar-refractivity contribution in [3.05, 3.63) is 64.2 Å². The highest BCUT2D eigenvalue weighted by molar-refractivity contribution is 5.47. The number of hydrogen-bond donors (Lipinski definition) is 1. The number of nitrogens with one attached hydrogen (secondary N) is 1. The van der Waals surface area contributed by atoms with Crippen LogP contribution in [-0.4, -0.2) is 0 Å². The van der Waals surface area contributed by atoms with Crippen molar-refractivity contribution < 1.29 is 0 Å². The van der Waals surface area contributed by atoms with Gasteiger partial charge in [-0.3, -0.25) is 0 Å². The lowest BCUT2D eigenvalue weighted by Crippen LogP contribution is -2.02. The summed E-state index contributed by atoms with van der Waals surface area (Å²) in [6.45, 7) is 9.52. The van der Waals surface area contributed by atoms with Crippen LogP contribution in [0.5, 0.6) is 0 Å². The van der Waals surface area contributed by atoms with Gasteiger partial charge in [-0.05, 0) is 67.6 Å². The third-order valence-corrected chi connectivity index (χ3v) is 3.45. The van der Waals surface area contributed by atoms with Gasteiger partial charge in [0.2, 0.25) is 0 Å². The fourth-order valence-electron chi connectivity index (χ4n) is 2.16. The van der Waals surface area contributed by atoms with Gasteiger partial charge >= 0.3 is 0 Å². The molecule has 0 aliphatic heterocycles. The first-order valence-corrected chi connectivity index (χ1v) is 6.43. The molecule has 0 aliphatic rings. The molecule has 0 radical (unpaired) electrons. The zero-order chi connectivity index (χ0) is 13.1. The molecular formula is C17H21N. The van der Waals surface area contributed by atoms with Gasteiger partial charge in [0.1, 0.15) is 0 Å². The van der Waals surface area contributed by atoms with Crippen molar-refractivity contribution in [1.29, 1.82) is 0 Å². The molecular weight excluding hydrogens is 218 g/mol. The quantitative estimate of drug-likeness (QED) is 0.829. The van der Waals surface area contributed by atoms with Crippen molar-refractivity contribution in [2.75, 3.05) is 5.32 Å². The summed E-state index contributed by atoms with van der Waals surface area (Å²) in [6, 6.07) is 13.0. The Hall–Kier alpha value is -1.76. The van der Waals surface area contributed by atoms with E-state index < -0.39 is 0 Å². The van der Waals surface area contributed by atoms with Crippen LogP contribution < -0.4 is 5.32 Å². The minimum Gasteiger partial charge on any atom is -0.381 e. The first-order valence-electron chi connectivity index (χ1n) is 6.43. The molecule has 94 valence electrons. The summed E-state index contributed by atoms with van der Waals surface area (Å²) in [6.07, 6.45) is 0. The zero-order valence-corrected chi connectivity index (χ0v) is 11.7.